The molecule has 2 heterocycles. The van der Waals surface area contributed by atoms with Crippen LogP contribution in [0.25, 0.3) is 0 Å². The van der Waals surface area contributed by atoms with Gasteiger partial charge in [0.25, 0.3) is 0 Å². The summed E-state index contributed by atoms with van der Waals surface area (Å²) in [5.41, 5.74) is 0.432. The Kier molecular flexibility index (Phi) is 5.58. The molecule has 1 saturated carbocycles. The summed E-state index contributed by atoms with van der Waals surface area (Å²) in [5.74, 6) is 0.721. The van der Waals surface area contributed by atoms with E-state index in [-0.39, 0.29) is 0 Å². The zero-order valence-corrected chi connectivity index (χ0v) is 13.9. The van der Waals surface area contributed by atoms with E-state index in [0.717, 1.165) is 25.7 Å². The van der Waals surface area contributed by atoms with Gasteiger partial charge in [-0.05, 0) is 64.1 Å². The van der Waals surface area contributed by atoms with Crippen LogP contribution >= 0.6 is 0 Å². The van der Waals surface area contributed by atoms with Crippen LogP contribution in [0.4, 0.5) is 0 Å². The zero-order valence-electron chi connectivity index (χ0n) is 13.9. The molecule has 2 atom stereocenters. The number of hydrogen-bond donors (Lipinski definition) is 1. The lowest BCUT2D eigenvalue weighted by atomic mass is 9.76. The molecule has 3 fully saturated rings. The minimum absolute atomic E-state index is 0.432. The zero-order chi connectivity index (χ0) is 14.5. The number of ether oxygens (including phenoxy) is 1. The van der Waals surface area contributed by atoms with E-state index < -0.39 is 0 Å². The molecule has 3 nitrogen and oxygen atoms in total. The molecule has 122 valence electrons. The highest BCUT2D eigenvalue weighted by atomic mass is 16.5. The predicted molar refractivity (Wildman–Crippen MR) is 87.6 cm³/mol. The predicted octanol–water partition coefficient (Wildman–Crippen LogP) is 3.19. The maximum atomic E-state index is 5.84. The molecule has 3 rings (SSSR count). The van der Waals surface area contributed by atoms with E-state index >= 15 is 0 Å². The summed E-state index contributed by atoms with van der Waals surface area (Å²) < 4.78 is 5.84. The normalized spacial score (nSPS) is 32.1. The summed E-state index contributed by atoms with van der Waals surface area (Å²) in [6.07, 6.45) is 12.5. The Morgan fingerprint density at radius 1 is 1.10 bits per heavy atom. The van der Waals surface area contributed by atoms with Crippen LogP contribution in [0.1, 0.15) is 64.7 Å². The molecule has 2 saturated heterocycles. The molecular weight excluding hydrogens is 260 g/mol. The van der Waals surface area contributed by atoms with Crippen LogP contribution in [0, 0.1) is 5.92 Å². The molecule has 1 aliphatic carbocycles. The molecule has 21 heavy (non-hydrogen) atoms. The molecule has 0 amide bonds. The summed E-state index contributed by atoms with van der Waals surface area (Å²) in [6, 6.07) is 0.642. The Bertz CT molecular complexity index is 302. The maximum Gasteiger partial charge on any atom is 0.0509 e. The summed E-state index contributed by atoms with van der Waals surface area (Å²) in [4.78, 5) is 2.88. The van der Waals surface area contributed by atoms with Gasteiger partial charge < -0.3 is 10.1 Å². The Labute approximate surface area is 130 Å². The smallest absolute Gasteiger partial charge is 0.0509 e. The minimum atomic E-state index is 0.432. The number of likely N-dealkylation sites (N-methyl/N-ethyl adjacent to an activating group) is 1. The number of nitrogens with one attached hydrogen (secondary N) is 1. The fourth-order valence-corrected chi connectivity index (χ4v) is 5.19. The highest BCUT2D eigenvalue weighted by Gasteiger charge is 2.48. The van der Waals surface area contributed by atoms with Crippen molar-refractivity contribution in [3.05, 3.63) is 0 Å². The highest BCUT2D eigenvalue weighted by Crippen LogP contribution is 2.43. The number of nitrogens with zero attached hydrogens (tertiary/aromatic N) is 1. The van der Waals surface area contributed by atoms with Crippen molar-refractivity contribution in [1.29, 1.82) is 0 Å². The first-order valence-corrected chi connectivity index (χ1v) is 9.43. The van der Waals surface area contributed by atoms with Crippen molar-refractivity contribution < 1.29 is 4.74 Å². The number of likely N-dealkylation sites (tertiary alicyclic amines) is 1. The summed E-state index contributed by atoms with van der Waals surface area (Å²) in [5, 5.41) is 3.91. The van der Waals surface area contributed by atoms with Gasteiger partial charge in [0.1, 0.15) is 0 Å². The van der Waals surface area contributed by atoms with Crippen molar-refractivity contribution in [1.82, 2.24) is 10.2 Å². The van der Waals surface area contributed by atoms with E-state index in [0.29, 0.717) is 11.6 Å². The molecular formula is C18H34N2O. The Morgan fingerprint density at radius 2 is 1.86 bits per heavy atom. The lowest BCUT2D eigenvalue weighted by molar-refractivity contribution is -0.0261. The van der Waals surface area contributed by atoms with Gasteiger partial charge in [-0.1, -0.05) is 26.2 Å². The first kappa shape index (κ1) is 15.8. The van der Waals surface area contributed by atoms with Gasteiger partial charge in [-0.2, -0.15) is 0 Å². The van der Waals surface area contributed by atoms with Gasteiger partial charge in [0, 0.05) is 18.2 Å². The van der Waals surface area contributed by atoms with E-state index in [2.05, 4.69) is 17.1 Å². The average molecular weight is 294 g/mol. The standard InChI is InChI=1S/C18H34N2O/c1-2-19-17(16-9-8-14-21-15-16)18(10-4-5-11-18)20-12-6-3-7-13-20/h16-17,19H,2-15H2,1H3. The highest BCUT2D eigenvalue weighted by molar-refractivity contribution is 5.06. The molecule has 2 aliphatic heterocycles. The van der Waals surface area contributed by atoms with E-state index in [1.54, 1.807) is 0 Å². The third-order valence-electron chi connectivity index (χ3n) is 6.13. The monoisotopic (exact) mass is 294 g/mol. The number of hydrogen-bond acceptors (Lipinski definition) is 3. The maximum absolute atomic E-state index is 5.84. The lowest BCUT2D eigenvalue weighted by Crippen LogP contribution is -2.64. The fraction of sp³-hybridized carbons (Fsp3) is 1.00. The average Bonchev–Trinajstić information content (AvgIpc) is 3.05. The second kappa shape index (κ2) is 7.43. The molecule has 0 spiro atoms. The van der Waals surface area contributed by atoms with Crippen molar-refractivity contribution in [2.45, 2.75) is 76.3 Å². The van der Waals surface area contributed by atoms with Crippen LogP contribution in [0.3, 0.4) is 0 Å². The van der Waals surface area contributed by atoms with Gasteiger partial charge >= 0.3 is 0 Å². The van der Waals surface area contributed by atoms with Crippen LogP contribution in [0.15, 0.2) is 0 Å². The van der Waals surface area contributed by atoms with Crippen LogP contribution < -0.4 is 5.32 Å². The molecule has 0 aromatic carbocycles. The van der Waals surface area contributed by atoms with E-state index in [9.17, 15) is 0 Å². The summed E-state index contributed by atoms with van der Waals surface area (Å²) in [6.45, 7) is 7.98. The Hall–Kier alpha value is -0.120. The van der Waals surface area contributed by atoms with Crippen LogP contribution in [-0.4, -0.2) is 49.3 Å². The van der Waals surface area contributed by atoms with Gasteiger partial charge in [-0.3, -0.25) is 4.90 Å². The molecule has 0 aromatic rings. The third-order valence-corrected chi connectivity index (χ3v) is 6.13. The SMILES string of the molecule is CCNC(C1CCCOC1)C1(N2CCCCC2)CCCC1. The third kappa shape index (κ3) is 3.30. The van der Waals surface area contributed by atoms with Crippen LogP contribution in [-0.2, 0) is 4.74 Å². The number of rotatable bonds is 5. The van der Waals surface area contributed by atoms with Crippen molar-refractivity contribution in [3.63, 3.8) is 0 Å². The Morgan fingerprint density at radius 3 is 2.48 bits per heavy atom. The van der Waals surface area contributed by atoms with Crippen molar-refractivity contribution in [3.8, 4) is 0 Å². The second-order valence-electron chi connectivity index (χ2n) is 7.37. The topological polar surface area (TPSA) is 24.5 Å². The molecule has 2 unspecified atom stereocenters. The molecule has 0 radical (unpaired) electrons. The fourth-order valence-electron chi connectivity index (χ4n) is 5.19. The molecule has 0 aromatic heterocycles. The van der Waals surface area contributed by atoms with Gasteiger partial charge in [0.15, 0.2) is 0 Å². The summed E-state index contributed by atoms with van der Waals surface area (Å²) in [7, 11) is 0. The second-order valence-corrected chi connectivity index (χ2v) is 7.37. The van der Waals surface area contributed by atoms with Gasteiger partial charge in [-0.15, -0.1) is 0 Å². The summed E-state index contributed by atoms with van der Waals surface area (Å²) >= 11 is 0. The van der Waals surface area contributed by atoms with Gasteiger partial charge in [0.05, 0.1) is 6.61 Å². The van der Waals surface area contributed by atoms with E-state index in [1.807, 2.05) is 0 Å². The van der Waals surface area contributed by atoms with Crippen LogP contribution in [0.5, 0.6) is 0 Å². The van der Waals surface area contributed by atoms with Crippen molar-refractivity contribution >= 4 is 0 Å². The largest absolute Gasteiger partial charge is 0.381 e. The first-order chi connectivity index (χ1) is 10.4. The van der Waals surface area contributed by atoms with E-state index in [4.69, 9.17) is 4.74 Å². The first-order valence-electron chi connectivity index (χ1n) is 9.43. The van der Waals surface area contributed by atoms with Crippen molar-refractivity contribution in [2.75, 3.05) is 32.8 Å². The van der Waals surface area contributed by atoms with E-state index in [1.165, 1.54) is 70.9 Å². The molecule has 3 heteroatoms. The molecule has 1 N–H and O–H groups in total. The minimum Gasteiger partial charge on any atom is -0.381 e. The van der Waals surface area contributed by atoms with Crippen molar-refractivity contribution in [2.24, 2.45) is 5.92 Å². The lowest BCUT2D eigenvalue weighted by Gasteiger charge is -2.51. The Balaban J connectivity index is 1.80. The van der Waals surface area contributed by atoms with Gasteiger partial charge in [-0.25, -0.2) is 0 Å². The van der Waals surface area contributed by atoms with Gasteiger partial charge in [0.2, 0.25) is 0 Å². The molecule has 3 aliphatic rings. The molecule has 0 bridgehead atoms. The van der Waals surface area contributed by atoms with Crippen LogP contribution in [0.2, 0.25) is 0 Å². The number of piperidine rings is 1. The quantitative estimate of drug-likeness (QED) is 0.843.